The summed E-state index contributed by atoms with van der Waals surface area (Å²) in [7, 11) is 0. The number of nitrogens with one attached hydrogen (secondary N) is 1. The van der Waals surface area contributed by atoms with E-state index >= 15 is 0 Å². The fourth-order valence-corrected chi connectivity index (χ4v) is 3.63. The van der Waals surface area contributed by atoms with E-state index in [1.54, 1.807) is 4.90 Å². The predicted molar refractivity (Wildman–Crippen MR) is 89.0 cm³/mol. The van der Waals surface area contributed by atoms with Crippen molar-refractivity contribution >= 4 is 11.8 Å². The standard InChI is InChI=1S/C17H31N3O3/c1-12(2)16(20-7-5-6-15(20)21)17(22)18-10-13(3)19-8-9-23-11-14(19)4/h12-14,16H,5-11H2,1-4H3,(H,18,22)/t13-,14+,16+/m0/s1. The number of ether oxygens (including phenoxy) is 1. The minimum Gasteiger partial charge on any atom is -0.379 e. The average molecular weight is 325 g/mol. The van der Waals surface area contributed by atoms with Crippen LogP contribution in [0.4, 0.5) is 0 Å². The highest BCUT2D eigenvalue weighted by Gasteiger charge is 2.35. The fourth-order valence-electron chi connectivity index (χ4n) is 3.63. The molecule has 0 spiro atoms. The Bertz CT molecular complexity index is 427. The number of hydrogen-bond acceptors (Lipinski definition) is 4. The van der Waals surface area contributed by atoms with Gasteiger partial charge < -0.3 is 15.0 Å². The lowest BCUT2D eigenvalue weighted by atomic mass is 10.0. The highest BCUT2D eigenvalue weighted by molar-refractivity contribution is 5.88. The molecule has 0 unspecified atom stereocenters. The zero-order chi connectivity index (χ0) is 17.0. The van der Waals surface area contributed by atoms with Gasteiger partial charge in [0, 0.05) is 38.1 Å². The second-order valence-corrected chi connectivity index (χ2v) is 7.14. The number of likely N-dealkylation sites (tertiary alicyclic amines) is 1. The van der Waals surface area contributed by atoms with Crippen molar-refractivity contribution < 1.29 is 14.3 Å². The average Bonchev–Trinajstić information content (AvgIpc) is 2.91. The van der Waals surface area contributed by atoms with E-state index in [2.05, 4.69) is 24.1 Å². The first-order valence-corrected chi connectivity index (χ1v) is 8.82. The van der Waals surface area contributed by atoms with E-state index in [9.17, 15) is 9.59 Å². The van der Waals surface area contributed by atoms with Crippen LogP contribution in [-0.2, 0) is 14.3 Å². The number of carbonyl (C=O) groups excluding carboxylic acids is 2. The van der Waals surface area contributed by atoms with Gasteiger partial charge in [0.05, 0.1) is 13.2 Å². The van der Waals surface area contributed by atoms with Crippen molar-refractivity contribution in [2.45, 2.75) is 58.7 Å². The first-order chi connectivity index (χ1) is 10.9. The number of hydrogen-bond donors (Lipinski definition) is 1. The molecule has 6 heteroatoms. The van der Waals surface area contributed by atoms with Crippen LogP contribution in [0.5, 0.6) is 0 Å². The largest absolute Gasteiger partial charge is 0.379 e. The van der Waals surface area contributed by atoms with Crippen LogP contribution in [0.2, 0.25) is 0 Å². The maximum atomic E-state index is 12.6. The summed E-state index contributed by atoms with van der Waals surface area (Å²) in [5.74, 6) is 0.200. The van der Waals surface area contributed by atoms with Gasteiger partial charge in [-0.3, -0.25) is 14.5 Å². The summed E-state index contributed by atoms with van der Waals surface area (Å²) >= 11 is 0. The van der Waals surface area contributed by atoms with Gasteiger partial charge >= 0.3 is 0 Å². The van der Waals surface area contributed by atoms with Crippen LogP contribution >= 0.6 is 0 Å². The Morgan fingerprint density at radius 2 is 2.09 bits per heavy atom. The van der Waals surface area contributed by atoms with Crippen LogP contribution in [0.3, 0.4) is 0 Å². The van der Waals surface area contributed by atoms with Crippen molar-refractivity contribution in [3.63, 3.8) is 0 Å². The van der Waals surface area contributed by atoms with E-state index in [1.807, 2.05) is 13.8 Å². The quantitative estimate of drug-likeness (QED) is 0.787. The third-order valence-corrected chi connectivity index (χ3v) is 4.90. The molecule has 23 heavy (non-hydrogen) atoms. The number of carbonyl (C=O) groups is 2. The number of rotatable bonds is 6. The normalized spacial score (nSPS) is 25.7. The van der Waals surface area contributed by atoms with Gasteiger partial charge in [0.15, 0.2) is 0 Å². The molecule has 0 aliphatic carbocycles. The van der Waals surface area contributed by atoms with Gasteiger partial charge in [-0.15, -0.1) is 0 Å². The molecule has 0 aromatic carbocycles. The lowest BCUT2D eigenvalue weighted by Crippen LogP contribution is -2.55. The Morgan fingerprint density at radius 3 is 2.65 bits per heavy atom. The summed E-state index contributed by atoms with van der Waals surface area (Å²) in [4.78, 5) is 28.7. The molecule has 2 amide bonds. The predicted octanol–water partition coefficient (Wildman–Crippen LogP) is 0.859. The van der Waals surface area contributed by atoms with Crippen molar-refractivity contribution in [3.8, 4) is 0 Å². The lowest BCUT2D eigenvalue weighted by Gasteiger charge is -2.38. The zero-order valence-corrected chi connectivity index (χ0v) is 14.9. The molecule has 6 nitrogen and oxygen atoms in total. The van der Waals surface area contributed by atoms with Crippen molar-refractivity contribution in [1.29, 1.82) is 0 Å². The van der Waals surface area contributed by atoms with Crippen LogP contribution in [0.25, 0.3) is 0 Å². The van der Waals surface area contributed by atoms with Gasteiger partial charge in [-0.2, -0.15) is 0 Å². The Labute approximate surface area is 139 Å². The van der Waals surface area contributed by atoms with Crippen molar-refractivity contribution in [2.75, 3.05) is 32.8 Å². The Balaban J connectivity index is 1.89. The Morgan fingerprint density at radius 1 is 1.35 bits per heavy atom. The van der Waals surface area contributed by atoms with Crippen LogP contribution in [0, 0.1) is 5.92 Å². The summed E-state index contributed by atoms with van der Waals surface area (Å²) in [6.45, 7) is 12.0. The highest BCUT2D eigenvalue weighted by atomic mass is 16.5. The van der Waals surface area contributed by atoms with E-state index in [-0.39, 0.29) is 29.8 Å². The molecule has 2 fully saturated rings. The van der Waals surface area contributed by atoms with Crippen molar-refractivity contribution in [1.82, 2.24) is 15.1 Å². The van der Waals surface area contributed by atoms with Gasteiger partial charge in [-0.1, -0.05) is 13.8 Å². The summed E-state index contributed by atoms with van der Waals surface area (Å²) in [6, 6.07) is 0.288. The molecular formula is C17H31N3O3. The molecule has 0 bridgehead atoms. The summed E-state index contributed by atoms with van der Waals surface area (Å²) < 4.78 is 5.46. The van der Waals surface area contributed by atoms with Gasteiger partial charge in [-0.05, 0) is 26.2 Å². The summed E-state index contributed by atoms with van der Waals surface area (Å²) in [5.41, 5.74) is 0. The Kier molecular flexibility index (Phi) is 6.41. The number of nitrogens with zero attached hydrogens (tertiary/aromatic N) is 2. The molecule has 1 N–H and O–H groups in total. The molecule has 0 saturated carbocycles. The first kappa shape index (κ1) is 18.2. The first-order valence-electron chi connectivity index (χ1n) is 8.82. The van der Waals surface area contributed by atoms with Crippen molar-refractivity contribution in [3.05, 3.63) is 0 Å². The molecule has 2 aliphatic heterocycles. The van der Waals surface area contributed by atoms with Crippen LogP contribution < -0.4 is 5.32 Å². The van der Waals surface area contributed by atoms with Gasteiger partial charge in [0.2, 0.25) is 11.8 Å². The van der Waals surface area contributed by atoms with Gasteiger partial charge in [-0.25, -0.2) is 0 Å². The molecule has 132 valence electrons. The third kappa shape index (κ3) is 4.44. The topological polar surface area (TPSA) is 61.9 Å². The van der Waals surface area contributed by atoms with E-state index in [0.717, 1.165) is 26.2 Å². The van der Waals surface area contributed by atoms with E-state index in [1.165, 1.54) is 0 Å². The van der Waals surface area contributed by atoms with E-state index in [4.69, 9.17) is 4.74 Å². The second-order valence-electron chi connectivity index (χ2n) is 7.14. The summed E-state index contributed by atoms with van der Waals surface area (Å²) in [5, 5.41) is 3.06. The summed E-state index contributed by atoms with van der Waals surface area (Å²) in [6.07, 6.45) is 1.43. The van der Waals surface area contributed by atoms with E-state index < -0.39 is 0 Å². The molecule has 2 heterocycles. The molecule has 0 aromatic rings. The third-order valence-electron chi connectivity index (χ3n) is 4.90. The maximum absolute atomic E-state index is 12.6. The maximum Gasteiger partial charge on any atom is 0.243 e. The highest BCUT2D eigenvalue weighted by Crippen LogP contribution is 2.19. The molecular weight excluding hydrogens is 294 g/mol. The van der Waals surface area contributed by atoms with Gasteiger partial charge in [0.25, 0.3) is 0 Å². The van der Waals surface area contributed by atoms with Crippen LogP contribution in [0.1, 0.15) is 40.5 Å². The number of morpholine rings is 1. The van der Waals surface area contributed by atoms with E-state index in [0.29, 0.717) is 25.6 Å². The Hall–Kier alpha value is -1.14. The van der Waals surface area contributed by atoms with Crippen molar-refractivity contribution in [2.24, 2.45) is 5.92 Å². The number of amides is 2. The lowest BCUT2D eigenvalue weighted by molar-refractivity contribution is -0.139. The van der Waals surface area contributed by atoms with Crippen LogP contribution in [0.15, 0.2) is 0 Å². The molecule has 2 saturated heterocycles. The molecule has 0 radical (unpaired) electrons. The smallest absolute Gasteiger partial charge is 0.243 e. The fraction of sp³-hybridized carbons (Fsp3) is 0.882. The van der Waals surface area contributed by atoms with Gasteiger partial charge in [0.1, 0.15) is 6.04 Å². The molecule has 3 atom stereocenters. The minimum atomic E-state index is -0.348. The molecule has 2 rings (SSSR count). The molecule has 0 aromatic heterocycles. The second kappa shape index (κ2) is 8.11. The minimum absolute atomic E-state index is 0.0250. The zero-order valence-electron chi connectivity index (χ0n) is 14.9. The SMILES string of the molecule is CC(C)[C@H](C(=O)NC[C@H](C)N1CCOC[C@H]1C)N1CCCC1=O. The monoisotopic (exact) mass is 325 g/mol. The molecule has 2 aliphatic rings. The van der Waals surface area contributed by atoms with Crippen LogP contribution in [-0.4, -0.2) is 72.6 Å².